The van der Waals surface area contributed by atoms with Crippen LogP contribution >= 0.6 is 0 Å². The standard InChI is InChI=1S/C14H19FN2O5/c15-10-2-1-3-11(8-10)17-13(19)9-12(14(20)21)16-4-6-22-7-5-18/h1-3,8,12,16,18H,4-7,9H2,(H,17,19)(H,20,21). The number of rotatable bonds is 10. The molecule has 0 heterocycles. The fraction of sp³-hybridized carbons (Fsp3) is 0.429. The number of ether oxygens (including phenoxy) is 1. The van der Waals surface area contributed by atoms with Crippen molar-refractivity contribution in [3.63, 3.8) is 0 Å². The van der Waals surface area contributed by atoms with Crippen LogP contribution in [0.25, 0.3) is 0 Å². The third-order valence-electron chi connectivity index (χ3n) is 2.67. The monoisotopic (exact) mass is 314 g/mol. The highest BCUT2D eigenvalue weighted by Gasteiger charge is 2.20. The number of benzene rings is 1. The molecule has 1 rings (SSSR count). The van der Waals surface area contributed by atoms with Gasteiger partial charge in [-0.05, 0) is 18.2 Å². The van der Waals surface area contributed by atoms with Crippen LogP contribution in [0.4, 0.5) is 10.1 Å². The Morgan fingerprint density at radius 3 is 2.73 bits per heavy atom. The van der Waals surface area contributed by atoms with Gasteiger partial charge in [0, 0.05) is 12.2 Å². The van der Waals surface area contributed by atoms with Crippen molar-refractivity contribution in [2.75, 3.05) is 31.7 Å². The summed E-state index contributed by atoms with van der Waals surface area (Å²) in [6.07, 6.45) is -0.300. The van der Waals surface area contributed by atoms with E-state index < -0.39 is 23.7 Å². The van der Waals surface area contributed by atoms with Crippen molar-refractivity contribution in [3.05, 3.63) is 30.1 Å². The molecule has 1 atom stereocenters. The molecule has 0 saturated carbocycles. The molecule has 0 aliphatic heterocycles. The zero-order chi connectivity index (χ0) is 16.4. The number of carbonyl (C=O) groups excluding carboxylic acids is 1. The Kier molecular flexibility index (Phi) is 8.05. The van der Waals surface area contributed by atoms with E-state index in [2.05, 4.69) is 10.6 Å². The fourth-order valence-corrected chi connectivity index (χ4v) is 1.68. The Bertz CT molecular complexity index is 498. The first-order chi connectivity index (χ1) is 10.5. The fourth-order valence-electron chi connectivity index (χ4n) is 1.68. The van der Waals surface area contributed by atoms with Crippen molar-refractivity contribution < 1.29 is 28.9 Å². The lowest BCUT2D eigenvalue weighted by Gasteiger charge is -2.14. The molecule has 22 heavy (non-hydrogen) atoms. The summed E-state index contributed by atoms with van der Waals surface area (Å²) in [5.41, 5.74) is 0.264. The lowest BCUT2D eigenvalue weighted by Crippen LogP contribution is -2.41. The third kappa shape index (κ3) is 7.11. The van der Waals surface area contributed by atoms with Crippen LogP contribution in [0.5, 0.6) is 0 Å². The average Bonchev–Trinajstić information content (AvgIpc) is 2.45. The minimum atomic E-state index is -1.17. The van der Waals surface area contributed by atoms with Crippen LogP contribution in [0.3, 0.4) is 0 Å². The van der Waals surface area contributed by atoms with Gasteiger partial charge >= 0.3 is 5.97 Å². The summed E-state index contributed by atoms with van der Waals surface area (Å²) in [5, 5.41) is 22.7. The topological polar surface area (TPSA) is 108 Å². The van der Waals surface area contributed by atoms with E-state index >= 15 is 0 Å². The van der Waals surface area contributed by atoms with Gasteiger partial charge in [0.05, 0.1) is 26.2 Å². The quantitative estimate of drug-likeness (QED) is 0.460. The minimum Gasteiger partial charge on any atom is -0.480 e. The molecule has 1 unspecified atom stereocenters. The maximum absolute atomic E-state index is 13.0. The lowest BCUT2D eigenvalue weighted by molar-refractivity contribution is -0.141. The summed E-state index contributed by atoms with van der Waals surface area (Å²) in [6.45, 7) is 0.498. The molecule has 0 aromatic heterocycles. The molecule has 7 nitrogen and oxygen atoms in total. The number of aliphatic hydroxyl groups is 1. The van der Waals surface area contributed by atoms with Gasteiger partial charge in [0.2, 0.25) is 5.91 Å². The molecule has 1 aromatic carbocycles. The maximum atomic E-state index is 13.0. The van der Waals surface area contributed by atoms with Gasteiger partial charge in [-0.3, -0.25) is 9.59 Å². The van der Waals surface area contributed by atoms with Crippen LogP contribution in [-0.2, 0) is 14.3 Å². The van der Waals surface area contributed by atoms with Crippen molar-refractivity contribution in [2.24, 2.45) is 0 Å². The number of carbonyl (C=O) groups is 2. The predicted molar refractivity (Wildman–Crippen MR) is 77.0 cm³/mol. The van der Waals surface area contributed by atoms with Crippen LogP contribution < -0.4 is 10.6 Å². The molecular formula is C14H19FN2O5. The van der Waals surface area contributed by atoms with E-state index in [1.165, 1.54) is 18.2 Å². The number of carboxylic acids is 1. The molecule has 8 heteroatoms. The number of aliphatic carboxylic acids is 1. The van der Waals surface area contributed by atoms with Crippen molar-refractivity contribution >= 4 is 17.6 Å². The van der Waals surface area contributed by atoms with Gasteiger partial charge in [-0.15, -0.1) is 0 Å². The number of carboxylic acid groups (broad SMARTS) is 1. The van der Waals surface area contributed by atoms with Crippen molar-refractivity contribution in [1.29, 1.82) is 0 Å². The number of halogens is 1. The first-order valence-corrected chi connectivity index (χ1v) is 6.73. The molecule has 1 aromatic rings. The summed E-state index contributed by atoms with van der Waals surface area (Å²) >= 11 is 0. The van der Waals surface area contributed by atoms with Crippen LogP contribution in [0.1, 0.15) is 6.42 Å². The second-order valence-electron chi connectivity index (χ2n) is 4.44. The first-order valence-electron chi connectivity index (χ1n) is 6.73. The molecule has 0 bridgehead atoms. The van der Waals surface area contributed by atoms with Crippen molar-refractivity contribution in [3.8, 4) is 0 Å². The van der Waals surface area contributed by atoms with Crippen LogP contribution in [0, 0.1) is 5.82 Å². The predicted octanol–water partition coefficient (Wildman–Crippen LogP) is 0.206. The van der Waals surface area contributed by atoms with Gasteiger partial charge in [0.25, 0.3) is 0 Å². The van der Waals surface area contributed by atoms with Gasteiger partial charge in [-0.1, -0.05) is 6.07 Å². The van der Waals surface area contributed by atoms with E-state index in [0.717, 1.165) is 6.07 Å². The number of hydrogen-bond donors (Lipinski definition) is 4. The summed E-state index contributed by atoms with van der Waals surface area (Å²) in [4.78, 5) is 22.9. The Morgan fingerprint density at radius 2 is 2.09 bits per heavy atom. The smallest absolute Gasteiger partial charge is 0.321 e. The van der Waals surface area contributed by atoms with E-state index in [9.17, 15) is 14.0 Å². The highest BCUT2D eigenvalue weighted by Crippen LogP contribution is 2.09. The van der Waals surface area contributed by atoms with Crippen molar-refractivity contribution in [1.82, 2.24) is 5.32 Å². The molecule has 122 valence electrons. The zero-order valence-corrected chi connectivity index (χ0v) is 11.9. The van der Waals surface area contributed by atoms with E-state index in [0.29, 0.717) is 0 Å². The van der Waals surface area contributed by atoms with Crippen LogP contribution in [0.2, 0.25) is 0 Å². The summed E-state index contributed by atoms with van der Waals surface area (Å²) in [5.74, 6) is -2.20. The van der Waals surface area contributed by atoms with Crippen molar-refractivity contribution in [2.45, 2.75) is 12.5 Å². The molecule has 0 aliphatic carbocycles. The van der Waals surface area contributed by atoms with Crippen LogP contribution in [-0.4, -0.2) is 54.5 Å². The summed E-state index contributed by atoms with van der Waals surface area (Å²) in [6, 6.07) is 4.25. The Balaban J connectivity index is 2.41. The largest absolute Gasteiger partial charge is 0.480 e. The van der Waals surface area contributed by atoms with Crippen LogP contribution in [0.15, 0.2) is 24.3 Å². The highest BCUT2D eigenvalue weighted by molar-refractivity contribution is 5.94. The van der Waals surface area contributed by atoms with E-state index in [4.69, 9.17) is 14.9 Å². The maximum Gasteiger partial charge on any atom is 0.321 e. The number of hydrogen-bond acceptors (Lipinski definition) is 5. The Hall–Kier alpha value is -2.03. The normalized spacial score (nSPS) is 11.9. The molecule has 0 saturated heterocycles. The molecule has 0 spiro atoms. The zero-order valence-electron chi connectivity index (χ0n) is 11.9. The molecule has 0 fully saturated rings. The van der Waals surface area contributed by atoms with E-state index in [1.807, 2.05) is 0 Å². The highest BCUT2D eigenvalue weighted by atomic mass is 19.1. The molecule has 0 aliphatic rings. The second kappa shape index (κ2) is 9.82. The number of amides is 1. The van der Waals surface area contributed by atoms with Gasteiger partial charge in [-0.2, -0.15) is 0 Å². The van der Waals surface area contributed by atoms with Gasteiger partial charge in [0.15, 0.2) is 0 Å². The third-order valence-corrected chi connectivity index (χ3v) is 2.67. The number of aliphatic hydroxyl groups excluding tert-OH is 1. The average molecular weight is 314 g/mol. The SMILES string of the molecule is O=C(CC(NCCOCCO)C(=O)O)Nc1cccc(F)c1. The van der Waals surface area contributed by atoms with Gasteiger partial charge in [-0.25, -0.2) is 4.39 Å². The number of anilines is 1. The Morgan fingerprint density at radius 1 is 1.32 bits per heavy atom. The van der Waals surface area contributed by atoms with E-state index in [-0.39, 0.29) is 38.5 Å². The molecular weight excluding hydrogens is 295 g/mol. The van der Waals surface area contributed by atoms with Gasteiger partial charge in [0.1, 0.15) is 11.9 Å². The summed E-state index contributed by atoms with van der Waals surface area (Å²) < 4.78 is 18.0. The molecule has 1 amide bonds. The molecule has 4 N–H and O–H groups in total. The first kappa shape index (κ1) is 18.0. The minimum absolute atomic E-state index is 0.113. The Labute approximate surface area is 127 Å². The van der Waals surface area contributed by atoms with Gasteiger partial charge < -0.3 is 25.6 Å². The summed E-state index contributed by atoms with van der Waals surface area (Å²) in [7, 11) is 0. The van der Waals surface area contributed by atoms with E-state index in [1.54, 1.807) is 0 Å². The second-order valence-corrected chi connectivity index (χ2v) is 4.44. The lowest BCUT2D eigenvalue weighted by atomic mass is 10.2. The number of nitrogens with one attached hydrogen (secondary N) is 2. The molecule has 0 radical (unpaired) electrons.